The van der Waals surface area contributed by atoms with E-state index in [0.717, 1.165) is 30.1 Å². The van der Waals surface area contributed by atoms with E-state index in [4.69, 9.17) is 11.6 Å². The molecule has 1 atom stereocenters. The highest BCUT2D eigenvalue weighted by molar-refractivity contribution is 6.29. The summed E-state index contributed by atoms with van der Waals surface area (Å²) in [5.41, 5.74) is 0. The molecule has 0 bridgehead atoms. The van der Waals surface area contributed by atoms with Crippen LogP contribution in [-0.2, 0) is 13.6 Å². The number of hydrogen-bond acceptors (Lipinski definition) is 3. The van der Waals surface area contributed by atoms with Gasteiger partial charge in [-0.15, -0.1) is 0 Å². The van der Waals surface area contributed by atoms with Crippen molar-refractivity contribution in [1.29, 1.82) is 0 Å². The lowest BCUT2D eigenvalue weighted by Gasteiger charge is -2.25. The Labute approximate surface area is 113 Å². The Morgan fingerprint density at radius 3 is 2.89 bits per heavy atom. The second kappa shape index (κ2) is 5.19. The topological polar surface area (TPSA) is 33.1 Å². The Kier molecular flexibility index (Phi) is 3.59. The van der Waals surface area contributed by atoms with E-state index in [1.165, 1.54) is 32.2 Å². The summed E-state index contributed by atoms with van der Waals surface area (Å²) < 4.78 is 1.99. The molecule has 1 aliphatic carbocycles. The van der Waals surface area contributed by atoms with Crippen LogP contribution in [0, 0.1) is 0 Å². The molecule has 1 aromatic rings. The van der Waals surface area contributed by atoms with Gasteiger partial charge in [-0.2, -0.15) is 0 Å². The summed E-state index contributed by atoms with van der Waals surface area (Å²) in [4.78, 5) is 6.98. The summed E-state index contributed by atoms with van der Waals surface area (Å²) in [7, 11) is 1.99. The van der Waals surface area contributed by atoms with Gasteiger partial charge in [-0.25, -0.2) is 4.98 Å². The van der Waals surface area contributed by atoms with Crippen LogP contribution < -0.4 is 5.32 Å². The minimum absolute atomic E-state index is 0.668. The second-order valence-corrected chi connectivity index (χ2v) is 5.90. The smallest absolute Gasteiger partial charge is 0.128 e. The van der Waals surface area contributed by atoms with E-state index in [9.17, 15) is 0 Å². The standard InChI is InChI=1S/C13H21ClN4/c1-17-12(14)7-16-13(17)9-18(11-4-5-11)8-10-3-2-6-15-10/h7,10-11,15H,2-6,8-9H2,1H3. The highest BCUT2D eigenvalue weighted by Gasteiger charge is 2.32. The van der Waals surface area contributed by atoms with Crippen molar-refractivity contribution in [3.05, 3.63) is 17.2 Å². The van der Waals surface area contributed by atoms with E-state index in [0.29, 0.717) is 6.04 Å². The molecule has 1 saturated heterocycles. The van der Waals surface area contributed by atoms with Crippen LogP contribution in [0.4, 0.5) is 0 Å². The third-order valence-electron chi connectivity index (χ3n) is 4.05. The predicted octanol–water partition coefficient (Wildman–Crippen LogP) is 1.79. The quantitative estimate of drug-likeness (QED) is 0.884. The number of nitrogens with one attached hydrogen (secondary N) is 1. The van der Waals surface area contributed by atoms with Crippen molar-refractivity contribution < 1.29 is 0 Å². The Balaban J connectivity index is 1.64. The first-order chi connectivity index (χ1) is 8.74. The molecular formula is C13H21ClN4. The van der Waals surface area contributed by atoms with Gasteiger partial charge in [-0.3, -0.25) is 4.90 Å². The van der Waals surface area contributed by atoms with E-state index in [1.807, 2.05) is 11.6 Å². The largest absolute Gasteiger partial charge is 0.321 e. The molecule has 3 rings (SSSR count). The molecule has 5 heteroatoms. The summed E-state index contributed by atoms with van der Waals surface area (Å²) >= 11 is 6.05. The van der Waals surface area contributed by atoms with Crippen LogP contribution in [0.2, 0.25) is 5.15 Å². The molecule has 0 amide bonds. The second-order valence-electron chi connectivity index (χ2n) is 5.51. The normalized spacial score (nSPS) is 24.1. The molecule has 0 spiro atoms. The van der Waals surface area contributed by atoms with Crippen molar-refractivity contribution in [2.24, 2.45) is 7.05 Å². The van der Waals surface area contributed by atoms with E-state index < -0.39 is 0 Å². The fourth-order valence-corrected chi connectivity index (χ4v) is 2.88. The zero-order valence-corrected chi connectivity index (χ0v) is 11.7. The molecule has 1 unspecified atom stereocenters. The van der Waals surface area contributed by atoms with Gasteiger partial charge in [0.05, 0.1) is 12.7 Å². The van der Waals surface area contributed by atoms with E-state index in [2.05, 4.69) is 15.2 Å². The maximum atomic E-state index is 6.05. The zero-order valence-electron chi connectivity index (χ0n) is 10.9. The van der Waals surface area contributed by atoms with Crippen LogP contribution in [0.1, 0.15) is 31.5 Å². The monoisotopic (exact) mass is 268 g/mol. The first kappa shape index (κ1) is 12.5. The molecule has 2 aliphatic rings. The molecule has 2 fully saturated rings. The van der Waals surface area contributed by atoms with Crippen molar-refractivity contribution in [2.45, 2.75) is 44.3 Å². The van der Waals surface area contributed by atoms with Crippen LogP contribution in [0.3, 0.4) is 0 Å². The Hall–Kier alpha value is -0.580. The average Bonchev–Trinajstić information content (AvgIpc) is 3.01. The fraction of sp³-hybridized carbons (Fsp3) is 0.769. The van der Waals surface area contributed by atoms with Gasteiger partial charge < -0.3 is 9.88 Å². The summed E-state index contributed by atoms with van der Waals surface area (Å²) in [5, 5.41) is 4.30. The van der Waals surface area contributed by atoms with Gasteiger partial charge in [0.1, 0.15) is 11.0 Å². The highest BCUT2D eigenvalue weighted by Crippen LogP contribution is 2.29. The number of aromatic nitrogens is 2. The third-order valence-corrected chi connectivity index (χ3v) is 4.40. The van der Waals surface area contributed by atoms with Crippen molar-refractivity contribution in [3.63, 3.8) is 0 Å². The van der Waals surface area contributed by atoms with Gasteiger partial charge in [0.15, 0.2) is 0 Å². The molecule has 0 radical (unpaired) electrons. The molecule has 2 heterocycles. The van der Waals surface area contributed by atoms with Crippen LogP contribution in [-0.4, -0.2) is 39.6 Å². The first-order valence-electron chi connectivity index (χ1n) is 6.87. The zero-order chi connectivity index (χ0) is 12.5. The Morgan fingerprint density at radius 2 is 2.33 bits per heavy atom. The van der Waals surface area contributed by atoms with Gasteiger partial charge >= 0.3 is 0 Å². The minimum Gasteiger partial charge on any atom is -0.321 e. The fourth-order valence-electron chi connectivity index (χ4n) is 2.73. The molecule has 4 nitrogen and oxygen atoms in total. The number of halogens is 1. The van der Waals surface area contributed by atoms with Gasteiger partial charge in [0.2, 0.25) is 0 Å². The molecule has 18 heavy (non-hydrogen) atoms. The van der Waals surface area contributed by atoms with Crippen LogP contribution in [0.15, 0.2) is 6.20 Å². The van der Waals surface area contributed by atoms with Crippen LogP contribution >= 0.6 is 11.6 Å². The first-order valence-corrected chi connectivity index (χ1v) is 7.25. The number of rotatable bonds is 5. The SMILES string of the molecule is Cn1c(Cl)cnc1CN(CC1CCCN1)C1CC1. The van der Waals surface area contributed by atoms with E-state index in [-0.39, 0.29) is 0 Å². The molecule has 100 valence electrons. The molecule has 1 saturated carbocycles. The van der Waals surface area contributed by atoms with E-state index >= 15 is 0 Å². The van der Waals surface area contributed by atoms with Gasteiger partial charge in [-0.05, 0) is 32.2 Å². The molecule has 1 aromatic heterocycles. The number of hydrogen-bond donors (Lipinski definition) is 1. The lowest BCUT2D eigenvalue weighted by molar-refractivity contribution is 0.224. The lowest BCUT2D eigenvalue weighted by Crippen LogP contribution is -2.38. The van der Waals surface area contributed by atoms with Crippen molar-refractivity contribution >= 4 is 11.6 Å². The Bertz CT molecular complexity index is 407. The number of nitrogens with zero attached hydrogens (tertiary/aromatic N) is 3. The summed E-state index contributed by atoms with van der Waals surface area (Å²) in [5.74, 6) is 1.07. The molecule has 0 aromatic carbocycles. The third kappa shape index (κ3) is 2.71. The maximum absolute atomic E-state index is 6.05. The maximum Gasteiger partial charge on any atom is 0.128 e. The molecular weight excluding hydrogens is 248 g/mol. The highest BCUT2D eigenvalue weighted by atomic mass is 35.5. The summed E-state index contributed by atoms with van der Waals surface area (Å²) in [6.45, 7) is 3.25. The van der Waals surface area contributed by atoms with Crippen molar-refractivity contribution in [1.82, 2.24) is 19.8 Å². The molecule has 1 aliphatic heterocycles. The van der Waals surface area contributed by atoms with E-state index in [1.54, 1.807) is 6.20 Å². The van der Waals surface area contributed by atoms with Crippen molar-refractivity contribution in [3.8, 4) is 0 Å². The molecule has 1 N–H and O–H groups in total. The van der Waals surface area contributed by atoms with Gasteiger partial charge in [-0.1, -0.05) is 11.6 Å². The Morgan fingerprint density at radius 1 is 1.50 bits per heavy atom. The van der Waals surface area contributed by atoms with Crippen LogP contribution in [0.25, 0.3) is 0 Å². The summed E-state index contributed by atoms with van der Waals surface area (Å²) in [6, 6.07) is 1.43. The minimum atomic E-state index is 0.668. The predicted molar refractivity (Wildman–Crippen MR) is 72.7 cm³/mol. The van der Waals surface area contributed by atoms with Crippen LogP contribution in [0.5, 0.6) is 0 Å². The summed E-state index contributed by atoms with van der Waals surface area (Å²) in [6.07, 6.45) is 7.05. The lowest BCUT2D eigenvalue weighted by atomic mass is 10.2. The average molecular weight is 269 g/mol. The van der Waals surface area contributed by atoms with Crippen molar-refractivity contribution in [2.75, 3.05) is 13.1 Å². The van der Waals surface area contributed by atoms with Gasteiger partial charge in [0, 0.05) is 25.7 Å². The number of imidazole rings is 1. The van der Waals surface area contributed by atoms with Gasteiger partial charge in [0.25, 0.3) is 0 Å².